The lowest BCUT2D eigenvalue weighted by molar-refractivity contribution is -0.161. The fraction of sp³-hybridized carbons (Fsp3) is 0.945. The van der Waals surface area contributed by atoms with Gasteiger partial charge in [0.05, 0.1) is 26.4 Å². The molecule has 0 saturated heterocycles. The average Bonchev–Trinajstić information content (AvgIpc) is 2.02. The molecule has 0 fully saturated rings. The molecular weight excluding hydrogens is 1210 g/mol. The molecule has 6 atom stereocenters. The lowest BCUT2D eigenvalue weighted by atomic mass is 9.99. The number of aliphatic hydroxyl groups excluding tert-OH is 1. The number of ether oxygens (including phenoxy) is 4. The first kappa shape index (κ1) is 90.1. The van der Waals surface area contributed by atoms with Gasteiger partial charge in [-0.3, -0.25) is 37.3 Å². The summed E-state index contributed by atoms with van der Waals surface area (Å²) in [4.78, 5) is 72.7. The molecule has 0 saturated carbocycles. The Morgan fingerprint density at radius 3 is 0.772 bits per heavy atom. The Morgan fingerprint density at radius 2 is 0.522 bits per heavy atom. The number of hydrogen-bond acceptors (Lipinski definition) is 15. The number of esters is 4. The highest BCUT2D eigenvalue weighted by molar-refractivity contribution is 7.47. The summed E-state index contributed by atoms with van der Waals surface area (Å²) < 4.78 is 68.4. The van der Waals surface area contributed by atoms with Crippen LogP contribution in [-0.2, 0) is 65.4 Å². The van der Waals surface area contributed by atoms with Crippen molar-refractivity contribution in [3.05, 3.63) is 0 Å². The van der Waals surface area contributed by atoms with Crippen LogP contribution in [0.2, 0.25) is 0 Å². The summed E-state index contributed by atoms with van der Waals surface area (Å²) in [7, 11) is -9.91. The fourth-order valence-electron chi connectivity index (χ4n) is 11.0. The molecule has 19 heteroatoms. The second-order valence-corrected chi connectivity index (χ2v) is 30.9. The van der Waals surface area contributed by atoms with Gasteiger partial charge >= 0.3 is 39.5 Å². The van der Waals surface area contributed by atoms with Gasteiger partial charge in [0.1, 0.15) is 19.3 Å². The predicted octanol–water partition coefficient (Wildman–Crippen LogP) is 20.9. The highest BCUT2D eigenvalue weighted by Gasteiger charge is 2.30. The minimum absolute atomic E-state index is 0.105. The summed E-state index contributed by atoms with van der Waals surface area (Å²) in [6.07, 6.45) is 45.8. The van der Waals surface area contributed by atoms with Gasteiger partial charge in [-0.15, -0.1) is 0 Å². The third-order valence-corrected chi connectivity index (χ3v) is 19.1. The highest BCUT2D eigenvalue weighted by atomic mass is 31.2. The largest absolute Gasteiger partial charge is 0.472 e. The molecule has 0 amide bonds. The first-order chi connectivity index (χ1) is 44.1. The van der Waals surface area contributed by atoms with Gasteiger partial charge in [0.15, 0.2) is 12.2 Å². The van der Waals surface area contributed by atoms with E-state index in [1.165, 1.54) is 161 Å². The molecule has 0 aliphatic heterocycles. The Morgan fingerprint density at radius 1 is 0.304 bits per heavy atom. The zero-order valence-corrected chi connectivity index (χ0v) is 62.0. The van der Waals surface area contributed by atoms with Gasteiger partial charge in [-0.1, -0.05) is 312 Å². The summed E-state index contributed by atoms with van der Waals surface area (Å²) in [6, 6.07) is 0. The number of carbonyl (C=O) groups is 4. The normalized spacial score (nSPS) is 14.5. The van der Waals surface area contributed by atoms with Crippen LogP contribution in [0.15, 0.2) is 0 Å². The van der Waals surface area contributed by atoms with Gasteiger partial charge in [0.2, 0.25) is 0 Å². The molecule has 3 N–H and O–H groups in total. The number of rotatable bonds is 70. The Hall–Kier alpha value is -1.94. The van der Waals surface area contributed by atoms with Crippen LogP contribution in [0.25, 0.3) is 0 Å². The third-order valence-electron chi connectivity index (χ3n) is 17.2. The van der Waals surface area contributed by atoms with Crippen LogP contribution < -0.4 is 0 Å². The highest BCUT2D eigenvalue weighted by Crippen LogP contribution is 2.45. The third kappa shape index (κ3) is 65.4. The van der Waals surface area contributed by atoms with Crippen LogP contribution in [-0.4, -0.2) is 96.7 Å². The van der Waals surface area contributed by atoms with Crippen LogP contribution in [0.5, 0.6) is 0 Å². The van der Waals surface area contributed by atoms with Gasteiger partial charge in [-0.25, -0.2) is 9.13 Å². The molecule has 0 rings (SSSR count). The molecular formula is C73H142O17P2. The van der Waals surface area contributed by atoms with Crippen molar-refractivity contribution in [3.63, 3.8) is 0 Å². The predicted molar refractivity (Wildman–Crippen MR) is 372 cm³/mol. The SMILES string of the molecule is CCC(C)CCCCCCCCCCCCC(=O)O[C@H](COC(=O)CCCCCCCCCC(C)C)COP(=O)(O)OCC(O)COP(=O)(O)OC[C@@H](COC(=O)CCCCCCCCCCC(C)C)OC(=O)CCCCCCCCCCCCCCCCC(C)C. The minimum atomic E-state index is -4.95. The Balaban J connectivity index is 5.25. The monoisotopic (exact) mass is 1350 g/mol. The van der Waals surface area contributed by atoms with Crippen LogP contribution >= 0.6 is 15.6 Å². The second kappa shape index (κ2) is 62.6. The van der Waals surface area contributed by atoms with Crippen molar-refractivity contribution in [1.82, 2.24) is 0 Å². The maximum atomic E-state index is 13.0. The van der Waals surface area contributed by atoms with E-state index in [2.05, 4.69) is 55.4 Å². The number of hydrogen-bond donors (Lipinski definition) is 3. The molecule has 0 aliphatic rings. The summed E-state index contributed by atoms with van der Waals surface area (Å²) in [5.74, 6) is 0.903. The van der Waals surface area contributed by atoms with E-state index in [0.29, 0.717) is 31.6 Å². The topological polar surface area (TPSA) is 237 Å². The van der Waals surface area contributed by atoms with E-state index in [0.717, 1.165) is 114 Å². The first-order valence-corrected chi connectivity index (χ1v) is 40.7. The van der Waals surface area contributed by atoms with Crippen molar-refractivity contribution >= 4 is 39.5 Å². The summed E-state index contributed by atoms with van der Waals surface area (Å²) in [5, 5.41) is 10.6. The Kier molecular flexibility index (Phi) is 61.3. The van der Waals surface area contributed by atoms with Crippen molar-refractivity contribution in [1.29, 1.82) is 0 Å². The van der Waals surface area contributed by atoms with Crippen molar-refractivity contribution in [3.8, 4) is 0 Å². The molecule has 0 heterocycles. The number of phosphoric acid groups is 2. The van der Waals surface area contributed by atoms with Crippen LogP contribution in [0.3, 0.4) is 0 Å². The van der Waals surface area contributed by atoms with Crippen LogP contribution in [0.1, 0.15) is 364 Å². The van der Waals surface area contributed by atoms with Gasteiger partial charge < -0.3 is 33.8 Å². The van der Waals surface area contributed by atoms with Crippen molar-refractivity contribution in [2.45, 2.75) is 382 Å². The van der Waals surface area contributed by atoms with Crippen molar-refractivity contribution in [2.75, 3.05) is 39.6 Å². The molecule has 4 unspecified atom stereocenters. The standard InChI is InChI=1S/C73H142O17P2/c1-9-66(8)52-44-36-28-19-16-17-21-31-40-48-56-73(78)90-69(60-84-71(76)54-46-38-32-24-27-35-43-51-65(6)7)62-88-92(81,82)86-58-67(74)57-85-91(79,80)87-61-68(59-83-70(75)53-45-37-29-23-22-26-34-42-50-64(4)5)89-72(77)55-47-39-30-20-15-13-11-10-12-14-18-25-33-41-49-63(2)3/h63-69,74H,9-62H2,1-8H3,(H,79,80)(H,81,82)/t66?,67?,68-,69-/m1/s1. The number of phosphoric ester groups is 2. The maximum Gasteiger partial charge on any atom is 0.472 e. The minimum Gasteiger partial charge on any atom is -0.462 e. The summed E-state index contributed by atoms with van der Waals surface area (Å²) >= 11 is 0. The molecule has 17 nitrogen and oxygen atoms in total. The Labute approximate surface area is 562 Å². The number of unbranched alkanes of at least 4 members (excludes halogenated alkanes) is 35. The molecule has 0 aromatic heterocycles. The molecule has 92 heavy (non-hydrogen) atoms. The molecule has 546 valence electrons. The lowest BCUT2D eigenvalue weighted by Crippen LogP contribution is -2.30. The smallest absolute Gasteiger partial charge is 0.462 e. The molecule has 0 radical (unpaired) electrons. The summed E-state index contributed by atoms with van der Waals surface area (Å²) in [6.45, 7) is 14.1. The molecule has 0 aromatic carbocycles. The van der Waals surface area contributed by atoms with Gasteiger partial charge in [-0.05, 0) is 49.4 Å². The van der Waals surface area contributed by atoms with E-state index in [4.69, 9.17) is 37.0 Å². The van der Waals surface area contributed by atoms with E-state index < -0.39 is 97.5 Å². The zero-order valence-electron chi connectivity index (χ0n) is 60.2. The van der Waals surface area contributed by atoms with E-state index in [-0.39, 0.29) is 25.7 Å². The lowest BCUT2D eigenvalue weighted by Gasteiger charge is -2.21. The molecule has 0 spiro atoms. The fourth-order valence-corrected chi connectivity index (χ4v) is 12.6. The van der Waals surface area contributed by atoms with Crippen molar-refractivity contribution in [2.24, 2.45) is 23.7 Å². The average molecular weight is 1350 g/mol. The van der Waals surface area contributed by atoms with E-state index in [1.807, 2.05) is 0 Å². The molecule has 0 aliphatic carbocycles. The molecule has 0 aromatic rings. The van der Waals surface area contributed by atoms with Crippen LogP contribution in [0.4, 0.5) is 0 Å². The van der Waals surface area contributed by atoms with Gasteiger partial charge in [0, 0.05) is 25.7 Å². The number of carbonyl (C=O) groups excluding carboxylic acids is 4. The van der Waals surface area contributed by atoms with E-state index in [1.54, 1.807) is 0 Å². The van der Waals surface area contributed by atoms with E-state index in [9.17, 15) is 43.2 Å². The molecule has 0 bridgehead atoms. The quantitative estimate of drug-likeness (QED) is 0.0222. The van der Waals surface area contributed by atoms with Gasteiger partial charge in [-0.2, -0.15) is 0 Å². The number of aliphatic hydroxyl groups is 1. The van der Waals surface area contributed by atoms with Gasteiger partial charge in [0.25, 0.3) is 0 Å². The zero-order chi connectivity index (χ0) is 68.2. The maximum absolute atomic E-state index is 13.0. The first-order valence-electron chi connectivity index (χ1n) is 37.7. The van der Waals surface area contributed by atoms with E-state index >= 15 is 0 Å². The Bertz CT molecular complexity index is 1820. The second-order valence-electron chi connectivity index (χ2n) is 28.0. The van der Waals surface area contributed by atoms with Crippen LogP contribution in [0, 0.1) is 23.7 Å². The van der Waals surface area contributed by atoms with Crippen molar-refractivity contribution < 1.29 is 80.2 Å². The summed E-state index contributed by atoms with van der Waals surface area (Å²) in [5.41, 5.74) is 0.